The standard InChI is InChI=1S/C44H27NO2/c1-2-10-28(11-3-1)29-18-21-34-38(24-29)33-13-5-4-12-30(33)25-40(34)45(31-20-23-43-39(26-31)36-15-7-9-17-42(36)46-43)32-19-22-37-35-14-6-8-16-41(35)47-44(37)27-32/h1-27H. The van der Waals surface area contributed by atoms with E-state index in [4.69, 9.17) is 8.83 Å². The average molecular weight is 602 g/mol. The summed E-state index contributed by atoms with van der Waals surface area (Å²) >= 11 is 0. The molecule has 10 rings (SSSR count). The first kappa shape index (κ1) is 26.0. The third-order valence-electron chi connectivity index (χ3n) is 9.43. The number of nitrogens with zero attached hydrogens (tertiary/aromatic N) is 1. The zero-order chi connectivity index (χ0) is 30.9. The Morgan fingerprint density at radius 3 is 1.74 bits per heavy atom. The van der Waals surface area contributed by atoms with Crippen molar-refractivity contribution in [2.75, 3.05) is 4.90 Å². The number of benzene rings is 8. The van der Waals surface area contributed by atoms with Crippen molar-refractivity contribution < 1.29 is 8.83 Å². The highest BCUT2D eigenvalue weighted by molar-refractivity contribution is 6.16. The van der Waals surface area contributed by atoms with Crippen LogP contribution in [0.3, 0.4) is 0 Å². The summed E-state index contributed by atoms with van der Waals surface area (Å²) in [5.41, 5.74) is 9.08. The summed E-state index contributed by atoms with van der Waals surface area (Å²) in [4.78, 5) is 2.37. The molecule has 0 atom stereocenters. The molecule has 0 bridgehead atoms. The minimum absolute atomic E-state index is 0.861. The summed E-state index contributed by atoms with van der Waals surface area (Å²) in [7, 11) is 0. The van der Waals surface area contributed by atoms with Gasteiger partial charge in [-0.25, -0.2) is 0 Å². The second-order valence-electron chi connectivity index (χ2n) is 12.1. The van der Waals surface area contributed by atoms with E-state index in [1.165, 1.54) is 32.7 Å². The van der Waals surface area contributed by atoms with E-state index in [1.807, 2.05) is 24.3 Å². The smallest absolute Gasteiger partial charge is 0.137 e. The SMILES string of the molecule is c1ccc(-c2ccc3c(N(c4ccc5c(c4)oc4ccccc45)c4ccc5oc6ccccc6c5c4)cc4ccccc4c3c2)cc1. The molecule has 0 saturated heterocycles. The lowest BCUT2D eigenvalue weighted by atomic mass is 9.95. The monoisotopic (exact) mass is 601 g/mol. The Kier molecular flexibility index (Phi) is 5.57. The van der Waals surface area contributed by atoms with E-state index in [-0.39, 0.29) is 0 Å². The molecule has 2 heterocycles. The number of hydrogen-bond acceptors (Lipinski definition) is 3. The van der Waals surface area contributed by atoms with Crippen molar-refractivity contribution in [2.24, 2.45) is 0 Å². The summed E-state index contributed by atoms with van der Waals surface area (Å²) in [5.74, 6) is 0. The molecule has 0 radical (unpaired) electrons. The molecular formula is C44H27NO2. The maximum Gasteiger partial charge on any atom is 0.137 e. The number of fused-ring (bicyclic) bond motifs is 9. The number of anilines is 3. The van der Waals surface area contributed by atoms with E-state index < -0.39 is 0 Å². The maximum absolute atomic E-state index is 6.41. The molecule has 220 valence electrons. The second-order valence-corrected chi connectivity index (χ2v) is 12.1. The van der Waals surface area contributed by atoms with Gasteiger partial charge in [-0.2, -0.15) is 0 Å². The minimum Gasteiger partial charge on any atom is -0.456 e. The zero-order valence-electron chi connectivity index (χ0n) is 25.4. The zero-order valence-corrected chi connectivity index (χ0v) is 25.4. The molecule has 0 saturated carbocycles. The molecule has 10 aromatic rings. The molecule has 0 unspecified atom stereocenters. The molecule has 0 spiro atoms. The first-order chi connectivity index (χ1) is 23.3. The quantitative estimate of drug-likeness (QED) is 0.188. The molecule has 0 aliphatic carbocycles. The Morgan fingerprint density at radius 1 is 0.319 bits per heavy atom. The third-order valence-corrected chi connectivity index (χ3v) is 9.43. The highest BCUT2D eigenvalue weighted by atomic mass is 16.3. The Morgan fingerprint density at radius 2 is 0.915 bits per heavy atom. The van der Waals surface area contributed by atoms with Gasteiger partial charge in [0.25, 0.3) is 0 Å². The summed E-state index contributed by atoms with van der Waals surface area (Å²) in [6.07, 6.45) is 0. The van der Waals surface area contributed by atoms with Gasteiger partial charge in [0.15, 0.2) is 0 Å². The number of furan rings is 2. The average Bonchev–Trinajstić information content (AvgIpc) is 3.70. The summed E-state index contributed by atoms with van der Waals surface area (Å²) in [6, 6.07) is 58.0. The van der Waals surface area contributed by atoms with Gasteiger partial charge in [-0.1, -0.05) is 103 Å². The van der Waals surface area contributed by atoms with Gasteiger partial charge in [0.2, 0.25) is 0 Å². The lowest BCUT2D eigenvalue weighted by molar-refractivity contribution is 0.668. The van der Waals surface area contributed by atoms with Crippen molar-refractivity contribution in [3.05, 3.63) is 164 Å². The normalized spacial score (nSPS) is 11.8. The van der Waals surface area contributed by atoms with Gasteiger partial charge in [0, 0.05) is 44.4 Å². The summed E-state index contributed by atoms with van der Waals surface area (Å²) in [5, 5.41) is 9.22. The van der Waals surface area contributed by atoms with E-state index >= 15 is 0 Å². The van der Waals surface area contributed by atoms with Crippen molar-refractivity contribution in [1.29, 1.82) is 0 Å². The third kappa shape index (κ3) is 4.07. The number of rotatable bonds is 4. The molecule has 0 amide bonds. The fourth-order valence-electron chi connectivity index (χ4n) is 7.21. The van der Waals surface area contributed by atoms with Gasteiger partial charge in [-0.15, -0.1) is 0 Å². The van der Waals surface area contributed by atoms with Gasteiger partial charge in [-0.3, -0.25) is 0 Å². The first-order valence-corrected chi connectivity index (χ1v) is 15.9. The molecule has 2 aromatic heterocycles. The fraction of sp³-hybridized carbons (Fsp3) is 0. The minimum atomic E-state index is 0.861. The Hall–Kier alpha value is -6.32. The molecule has 0 aliphatic rings. The number of para-hydroxylation sites is 2. The van der Waals surface area contributed by atoms with Crippen molar-refractivity contribution in [1.82, 2.24) is 0 Å². The van der Waals surface area contributed by atoms with Crippen LogP contribution in [-0.4, -0.2) is 0 Å². The molecule has 3 heteroatoms. The van der Waals surface area contributed by atoms with Crippen LogP contribution in [0.1, 0.15) is 0 Å². The van der Waals surface area contributed by atoms with Crippen molar-refractivity contribution >= 4 is 82.5 Å². The molecular weight excluding hydrogens is 574 g/mol. The first-order valence-electron chi connectivity index (χ1n) is 15.9. The van der Waals surface area contributed by atoms with Crippen molar-refractivity contribution in [3.8, 4) is 11.1 Å². The van der Waals surface area contributed by atoms with E-state index in [9.17, 15) is 0 Å². The molecule has 0 aliphatic heterocycles. The fourth-order valence-corrected chi connectivity index (χ4v) is 7.21. The van der Waals surface area contributed by atoms with Crippen LogP contribution in [0.5, 0.6) is 0 Å². The molecule has 0 fully saturated rings. The van der Waals surface area contributed by atoms with E-state index in [2.05, 4.69) is 144 Å². The van der Waals surface area contributed by atoms with Gasteiger partial charge < -0.3 is 13.7 Å². The van der Waals surface area contributed by atoms with Crippen LogP contribution < -0.4 is 4.90 Å². The summed E-state index contributed by atoms with van der Waals surface area (Å²) < 4.78 is 12.7. The highest BCUT2D eigenvalue weighted by Crippen LogP contribution is 2.45. The molecule has 3 nitrogen and oxygen atoms in total. The van der Waals surface area contributed by atoms with E-state index in [0.717, 1.165) is 60.9 Å². The Labute approximate surface area is 270 Å². The second kappa shape index (κ2) is 10.1. The van der Waals surface area contributed by atoms with Gasteiger partial charge >= 0.3 is 0 Å². The van der Waals surface area contributed by atoms with Gasteiger partial charge in [-0.05, 0) is 81.9 Å². The topological polar surface area (TPSA) is 29.5 Å². The van der Waals surface area contributed by atoms with Crippen LogP contribution in [0, 0.1) is 0 Å². The van der Waals surface area contributed by atoms with Gasteiger partial charge in [0.05, 0.1) is 5.69 Å². The van der Waals surface area contributed by atoms with Gasteiger partial charge in [0.1, 0.15) is 22.3 Å². The maximum atomic E-state index is 6.41. The van der Waals surface area contributed by atoms with Crippen molar-refractivity contribution in [3.63, 3.8) is 0 Å². The predicted octanol–water partition coefficient (Wildman–Crippen LogP) is 12.9. The Balaban J connectivity index is 1.28. The predicted molar refractivity (Wildman–Crippen MR) is 196 cm³/mol. The van der Waals surface area contributed by atoms with Crippen LogP contribution in [0.25, 0.3) is 76.5 Å². The van der Waals surface area contributed by atoms with E-state index in [0.29, 0.717) is 0 Å². The highest BCUT2D eigenvalue weighted by Gasteiger charge is 2.21. The van der Waals surface area contributed by atoms with Crippen LogP contribution in [-0.2, 0) is 0 Å². The largest absolute Gasteiger partial charge is 0.456 e. The van der Waals surface area contributed by atoms with Crippen LogP contribution in [0.2, 0.25) is 0 Å². The molecule has 47 heavy (non-hydrogen) atoms. The molecule has 8 aromatic carbocycles. The van der Waals surface area contributed by atoms with Crippen molar-refractivity contribution in [2.45, 2.75) is 0 Å². The molecule has 0 N–H and O–H groups in total. The lowest BCUT2D eigenvalue weighted by Crippen LogP contribution is -2.10. The van der Waals surface area contributed by atoms with Crippen LogP contribution in [0.15, 0.2) is 173 Å². The number of hydrogen-bond donors (Lipinski definition) is 0. The van der Waals surface area contributed by atoms with Crippen LogP contribution >= 0.6 is 0 Å². The van der Waals surface area contributed by atoms with Crippen LogP contribution in [0.4, 0.5) is 17.1 Å². The van der Waals surface area contributed by atoms with E-state index in [1.54, 1.807) is 0 Å². The summed E-state index contributed by atoms with van der Waals surface area (Å²) in [6.45, 7) is 0. The lowest BCUT2D eigenvalue weighted by Gasteiger charge is -2.28. The Bertz CT molecular complexity index is 2810.